The molecule has 0 bridgehead atoms. The van der Waals surface area contributed by atoms with Crippen molar-refractivity contribution < 1.29 is 17.9 Å². The van der Waals surface area contributed by atoms with Crippen LogP contribution in [0, 0.1) is 0 Å². The highest BCUT2D eigenvalue weighted by Crippen LogP contribution is 2.30. The molecule has 1 unspecified atom stereocenters. The zero-order valence-corrected chi connectivity index (χ0v) is 14.3. The minimum Gasteiger partial charge on any atom is -0.349 e. The molecule has 0 radical (unpaired) electrons. The Kier molecular flexibility index (Phi) is 5.39. The molecule has 1 aliphatic carbocycles. The molecule has 1 atom stereocenters. The molecule has 0 aromatic carbocycles. The summed E-state index contributed by atoms with van der Waals surface area (Å²) in [5.41, 5.74) is 0. The quantitative estimate of drug-likeness (QED) is 0.786. The molecular formula is C15H28N2O4S. The predicted molar refractivity (Wildman–Crippen MR) is 83.6 cm³/mol. The second-order valence-electron chi connectivity index (χ2n) is 6.60. The van der Waals surface area contributed by atoms with Gasteiger partial charge >= 0.3 is 0 Å². The largest absolute Gasteiger partial charge is 0.349 e. The summed E-state index contributed by atoms with van der Waals surface area (Å²) in [5, 5.41) is 0. The van der Waals surface area contributed by atoms with Gasteiger partial charge in [-0.05, 0) is 25.7 Å². The minimum atomic E-state index is -3.44. The van der Waals surface area contributed by atoms with Crippen molar-refractivity contribution in [1.29, 1.82) is 0 Å². The molecule has 3 rings (SSSR count). The van der Waals surface area contributed by atoms with E-state index in [1.54, 1.807) is 15.7 Å². The van der Waals surface area contributed by atoms with E-state index < -0.39 is 16.5 Å². The fourth-order valence-electron chi connectivity index (χ4n) is 3.89. The molecule has 128 valence electrons. The number of rotatable bonds is 4. The lowest BCUT2D eigenvalue weighted by Crippen LogP contribution is -2.55. The van der Waals surface area contributed by atoms with Crippen molar-refractivity contribution in [2.24, 2.45) is 0 Å². The van der Waals surface area contributed by atoms with Crippen molar-refractivity contribution in [1.82, 2.24) is 8.61 Å². The summed E-state index contributed by atoms with van der Waals surface area (Å²) in [6.07, 6.45) is 7.81. The van der Waals surface area contributed by atoms with Gasteiger partial charge in [0.25, 0.3) is 10.2 Å². The van der Waals surface area contributed by atoms with Gasteiger partial charge in [0.05, 0.1) is 19.3 Å². The Bertz CT molecular complexity index is 458. The summed E-state index contributed by atoms with van der Waals surface area (Å²) < 4.78 is 40.6. The molecule has 2 saturated heterocycles. The molecule has 1 saturated carbocycles. The van der Waals surface area contributed by atoms with E-state index in [9.17, 15) is 8.42 Å². The number of piperidine rings is 1. The highest BCUT2D eigenvalue weighted by molar-refractivity contribution is 7.86. The summed E-state index contributed by atoms with van der Waals surface area (Å²) in [6.45, 7) is 1.70. The normalized spacial score (nSPS) is 30.2. The molecule has 0 amide bonds. The van der Waals surface area contributed by atoms with Gasteiger partial charge in [0.2, 0.25) is 0 Å². The summed E-state index contributed by atoms with van der Waals surface area (Å²) in [4.78, 5) is 0. The van der Waals surface area contributed by atoms with Gasteiger partial charge in [0.1, 0.15) is 0 Å². The van der Waals surface area contributed by atoms with Crippen molar-refractivity contribution in [3.63, 3.8) is 0 Å². The first kappa shape index (κ1) is 16.6. The van der Waals surface area contributed by atoms with Crippen LogP contribution in [0.2, 0.25) is 0 Å². The van der Waals surface area contributed by atoms with Gasteiger partial charge in [-0.25, -0.2) is 0 Å². The first-order valence-corrected chi connectivity index (χ1v) is 9.98. The van der Waals surface area contributed by atoms with E-state index in [1.807, 2.05) is 0 Å². The van der Waals surface area contributed by atoms with E-state index >= 15 is 0 Å². The lowest BCUT2D eigenvalue weighted by atomic mass is 9.96. The third-order valence-corrected chi connectivity index (χ3v) is 7.28. The SMILES string of the molecule is CN(C1CCCCC1)S(=O)(=O)N1CCCCC1C1OCCO1. The van der Waals surface area contributed by atoms with Crippen LogP contribution in [0.5, 0.6) is 0 Å². The Morgan fingerprint density at radius 1 is 0.955 bits per heavy atom. The van der Waals surface area contributed by atoms with Crippen LogP contribution in [0.25, 0.3) is 0 Å². The van der Waals surface area contributed by atoms with Gasteiger partial charge in [-0.15, -0.1) is 0 Å². The van der Waals surface area contributed by atoms with Crippen LogP contribution in [0.4, 0.5) is 0 Å². The standard InChI is InChI=1S/C15H28N2O4S/c1-16(13-7-3-2-4-8-13)22(18,19)17-10-6-5-9-14(17)15-20-11-12-21-15/h13-15H,2-12H2,1H3. The van der Waals surface area contributed by atoms with Crippen LogP contribution in [0.3, 0.4) is 0 Å². The van der Waals surface area contributed by atoms with Crippen LogP contribution in [0.1, 0.15) is 51.4 Å². The van der Waals surface area contributed by atoms with Crippen molar-refractivity contribution in [2.45, 2.75) is 69.7 Å². The molecule has 0 N–H and O–H groups in total. The molecule has 3 aliphatic rings. The molecule has 22 heavy (non-hydrogen) atoms. The van der Waals surface area contributed by atoms with E-state index in [0.29, 0.717) is 19.8 Å². The maximum absolute atomic E-state index is 13.1. The fraction of sp³-hybridized carbons (Fsp3) is 1.00. The molecule has 2 heterocycles. The van der Waals surface area contributed by atoms with Crippen LogP contribution in [-0.2, 0) is 19.7 Å². The maximum Gasteiger partial charge on any atom is 0.282 e. The van der Waals surface area contributed by atoms with Crippen molar-refractivity contribution in [3.8, 4) is 0 Å². The van der Waals surface area contributed by atoms with Gasteiger partial charge in [-0.2, -0.15) is 17.0 Å². The molecule has 6 nitrogen and oxygen atoms in total. The van der Waals surface area contributed by atoms with Gasteiger partial charge in [-0.3, -0.25) is 0 Å². The summed E-state index contributed by atoms with van der Waals surface area (Å²) in [6, 6.07) is -0.0287. The van der Waals surface area contributed by atoms with Crippen LogP contribution >= 0.6 is 0 Å². The minimum absolute atomic E-state index is 0.145. The second kappa shape index (κ2) is 7.13. The Morgan fingerprint density at radius 3 is 2.27 bits per heavy atom. The van der Waals surface area contributed by atoms with Gasteiger partial charge < -0.3 is 9.47 Å². The molecule has 7 heteroatoms. The van der Waals surface area contributed by atoms with Gasteiger partial charge in [-0.1, -0.05) is 25.7 Å². The average Bonchev–Trinajstić information content (AvgIpc) is 3.09. The van der Waals surface area contributed by atoms with E-state index in [0.717, 1.165) is 44.9 Å². The van der Waals surface area contributed by atoms with E-state index in [2.05, 4.69) is 0 Å². The monoisotopic (exact) mass is 332 g/mol. The fourth-order valence-corrected chi connectivity index (χ4v) is 5.71. The number of nitrogens with zero attached hydrogens (tertiary/aromatic N) is 2. The van der Waals surface area contributed by atoms with E-state index in [4.69, 9.17) is 9.47 Å². The number of hydrogen-bond donors (Lipinski definition) is 0. The zero-order valence-electron chi connectivity index (χ0n) is 13.4. The Balaban J connectivity index is 1.75. The van der Waals surface area contributed by atoms with Crippen molar-refractivity contribution >= 4 is 10.2 Å². The third-order valence-electron chi connectivity index (χ3n) is 5.21. The molecular weight excluding hydrogens is 304 g/mol. The van der Waals surface area contributed by atoms with Crippen molar-refractivity contribution in [2.75, 3.05) is 26.8 Å². The number of ether oxygens (including phenoxy) is 2. The Morgan fingerprint density at radius 2 is 1.59 bits per heavy atom. The van der Waals surface area contributed by atoms with Gasteiger partial charge in [0.15, 0.2) is 6.29 Å². The van der Waals surface area contributed by atoms with Crippen LogP contribution < -0.4 is 0 Å². The topological polar surface area (TPSA) is 59.1 Å². The molecule has 0 spiro atoms. The lowest BCUT2D eigenvalue weighted by molar-refractivity contribution is -0.0922. The van der Waals surface area contributed by atoms with E-state index in [1.165, 1.54) is 6.42 Å². The van der Waals surface area contributed by atoms with Gasteiger partial charge in [0, 0.05) is 19.6 Å². The zero-order chi connectivity index (χ0) is 15.6. The molecule has 0 aromatic rings. The van der Waals surface area contributed by atoms with Crippen LogP contribution in [0.15, 0.2) is 0 Å². The second-order valence-corrected chi connectivity index (χ2v) is 8.54. The first-order valence-electron chi connectivity index (χ1n) is 8.59. The maximum atomic E-state index is 13.1. The first-order chi connectivity index (χ1) is 10.6. The highest BCUT2D eigenvalue weighted by Gasteiger charge is 2.42. The molecule has 3 fully saturated rings. The van der Waals surface area contributed by atoms with Crippen LogP contribution in [-0.4, -0.2) is 62.2 Å². The molecule has 2 aliphatic heterocycles. The Hall–Kier alpha value is -0.210. The van der Waals surface area contributed by atoms with Crippen molar-refractivity contribution in [3.05, 3.63) is 0 Å². The molecule has 0 aromatic heterocycles. The Labute approximate surface area is 133 Å². The summed E-state index contributed by atoms with van der Waals surface area (Å²) in [5.74, 6) is 0. The van der Waals surface area contributed by atoms with E-state index in [-0.39, 0.29) is 12.1 Å². The summed E-state index contributed by atoms with van der Waals surface area (Å²) >= 11 is 0. The smallest absolute Gasteiger partial charge is 0.282 e. The average molecular weight is 332 g/mol. The lowest BCUT2D eigenvalue weighted by Gasteiger charge is -2.41. The number of hydrogen-bond acceptors (Lipinski definition) is 4. The summed E-state index contributed by atoms with van der Waals surface area (Å²) in [7, 11) is -1.70. The predicted octanol–water partition coefficient (Wildman–Crippen LogP) is 1.72. The highest BCUT2D eigenvalue weighted by atomic mass is 32.2. The third kappa shape index (κ3) is 3.33.